The van der Waals surface area contributed by atoms with E-state index in [9.17, 15) is 0 Å². The van der Waals surface area contributed by atoms with Crippen LogP contribution in [0.5, 0.6) is 0 Å². The molecule has 0 radical (unpaired) electrons. The second-order valence-electron chi connectivity index (χ2n) is 18.7. The molecule has 2 aliphatic heterocycles. The zero-order chi connectivity index (χ0) is 39.9. The first kappa shape index (κ1) is 35.7. The van der Waals surface area contributed by atoms with Crippen molar-refractivity contribution in [2.24, 2.45) is 9.98 Å². The zero-order valence-corrected chi connectivity index (χ0v) is 35.0. The van der Waals surface area contributed by atoms with Crippen LogP contribution < -0.4 is 9.80 Å². The van der Waals surface area contributed by atoms with E-state index < -0.39 is 5.41 Å². The van der Waals surface area contributed by atoms with Crippen LogP contribution in [0.25, 0.3) is 44.5 Å². The van der Waals surface area contributed by atoms with Crippen molar-refractivity contribution in [2.75, 3.05) is 9.80 Å². The van der Waals surface area contributed by atoms with Crippen LogP contribution in [0.4, 0.5) is 11.4 Å². The van der Waals surface area contributed by atoms with Gasteiger partial charge in [-0.15, -0.1) is 0 Å². The normalized spacial score (nSPS) is 19.5. The first-order valence-corrected chi connectivity index (χ1v) is 20.5. The average molecular weight is 745 g/mol. The third kappa shape index (κ3) is 4.67. The molecule has 0 saturated carbocycles. The quantitative estimate of drug-likeness (QED) is 0.180. The number of hydrogen-bond acceptors (Lipinski definition) is 4. The summed E-state index contributed by atoms with van der Waals surface area (Å²) in [5, 5.41) is 0. The highest BCUT2D eigenvalue weighted by Gasteiger charge is 2.53. The van der Waals surface area contributed by atoms with E-state index in [2.05, 4.69) is 212 Å². The highest BCUT2D eigenvalue weighted by atomic mass is 15.3. The van der Waals surface area contributed by atoms with E-state index in [0.717, 1.165) is 11.7 Å². The molecule has 0 amide bonds. The molecular formula is C53H52N4. The van der Waals surface area contributed by atoms with Gasteiger partial charge in [0.15, 0.2) is 0 Å². The molecule has 4 aliphatic rings. The van der Waals surface area contributed by atoms with E-state index >= 15 is 0 Å². The number of hydrogen-bond donors (Lipinski definition) is 0. The summed E-state index contributed by atoms with van der Waals surface area (Å²) in [6.45, 7) is 22.5. The molecule has 1 spiro atoms. The fraction of sp³-hybridized carbons (Fsp3) is 0.283. The van der Waals surface area contributed by atoms with Crippen molar-refractivity contribution >= 4 is 23.0 Å². The molecule has 4 nitrogen and oxygen atoms in total. The maximum Gasteiger partial charge on any atom is 0.102 e. The van der Waals surface area contributed by atoms with E-state index in [0.29, 0.717) is 0 Å². The highest BCUT2D eigenvalue weighted by molar-refractivity contribution is 6.02. The van der Waals surface area contributed by atoms with Crippen LogP contribution in [0.3, 0.4) is 0 Å². The fourth-order valence-corrected chi connectivity index (χ4v) is 10.7. The smallest absolute Gasteiger partial charge is 0.102 e. The molecule has 4 heteroatoms. The van der Waals surface area contributed by atoms with Gasteiger partial charge in [-0.25, -0.2) is 0 Å². The molecule has 284 valence electrons. The Kier molecular flexibility index (Phi) is 7.30. The third-order valence-corrected chi connectivity index (χ3v) is 14.6. The summed E-state index contributed by atoms with van der Waals surface area (Å²) >= 11 is 0. The number of benzene rings is 6. The van der Waals surface area contributed by atoms with Crippen molar-refractivity contribution in [1.82, 2.24) is 0 Å². The topological polar surface area (TPSA) is 31.2 Å². The molecule has 2 heterocycles. The lowest BCUT2D eigenvalue weighted by atomic mass is 9.70. The average Bonchev–Trinajstić information content (AvgIpc) is 3.75. The van der Waals surface area contributed by atoms with Gasteiger partial charge in [-0.05, 0) is 172 Å². The summed E-state index contributed by atoms with van der Waals surface area (Å²) in [4.78, 5) is 15.0. The molecule has 6 aromatic carbocycles. The molecule has 0 bridgehead atoms. The lowest BCUT2D eigenvalue weighted by Gasteiger charge is -2.41. The van der Waals surface area contributed by atoms with Crippen LogP contribution in [-0.2, 0) is 5.41 Å². The van der Waals surface area contributed by atoms with Gasteiger partial charge in [0.05, 0.1) is 27.6 Å². The minimum atomic E-state index is -0.465. The van der Waals surface area contributed by atoms with E-state index in [1.54, 1.807) is 0 Å². The summed E-state index contributed by atoms with van der Waals surface area (Å²) in [5.41, 5.74) is 16.6. The van der Waals surface area contributed by atoms with E-state index in [4.69, 9.17) is 9.98 Å². The lowest BCUT2D eigenvalue weighted by molar-refractivity contribution is 0.338. The van der Waals surface area contributed by atoms with Crippen LogP contribution >= 0.6 is 0 Å². The number of rotatable bonds is 4. The predicted octanol–water partition coefficient (Wildman–Crippen LogP) is 13.0. The Bertz CT molecular complexity index is 2550. The molecule has 2 aliphatic carbocycles. The molecule has 0 unspecified atom stereocenters. The molecule has 57 heavy (non-hydrogen) atoms. The number of nitrogens with zero attached hydrogens (tertiary/aromatic N) is 4. The summed E-state index contributed by atoms with van der Waals surface area (Å²) in [6.07, 6.45) is 0. The lowest BCUT2D eigenvalue weighted by Crippen LogP contribution is -2.53. The molecule has 0 aromatic heterocycles. The maximum absolute atomic E-state index is 5.10. The number of aliphatic imine (C=N–C) groups is 2. The summed E-state index contributed by atoms with van der Waals surface area (Å²) in [7, 11) is 0. The van der Waals surface area contributed by atoms with Gasteiger partial charge in [0, 0.05) is 11.4 Å². The van der Waals surface area contributed by atoms with Crippen molar-refractivity contribution in [3.05, 3.63) is 156 Å². The minimum absolute atomic E-state index is 0.165. The van der Waals surface area contributed by atoms with Gasteiger partial charge in [0.1, 0.15) is 11.7 Å². The van der Waals surface area contributed by atoms with Gasteiger partial charge in [0.25, 0.3) is 0 Å². The Labute approximate surface area is 338 Å². The Morgan fingerprint density at radius 2 is 0.737 bits per heavy atom. The van der Waals surface area contributed by atoms with Crippen LogP contribution in [0.2, 0.25) is 0 Å². The maximum atomic E-state index is 5.10. The molecule has 0 saturated heterocycles. The van der Waals surface area contributed by atoms with Crippen molar-refractivity contribution < 1.29 is 0 Å². The van der Waals surface area contributed by atoms with Crippen LogP contribution in [-0.4, -0.2) is 33.8 Å². The molecule has 10 rings (SSSR count). The summed E-state index contributed by atoms with van der Waals surface area (Å²) in [5.74, 6) is 2.12. The van der Waals surface area contributed by atoms with E-state index in [-0.39, 0.29) is 22.2 Å². The second kappa shape index (κ2) is 11.7. The van der Waals surface area contributed by atoms with Crippen LogP contribution in [0, 0.1) is 0 Å². The minimum Gasteiger partial charge on any atom is -0.322 e. The van der Waals surface area contributed by atoms with Crippen molar-refractivity contribution in [3.8, 4) is 44.5 Å². The molecule has 0 fully saturated rings. The molecule has 0 N–H and O–H groups in total. The Hall–Kier alpha value is -5.74. The molecular weight excluding hydrogens is 693 g/mol. The SMILES string of the molecule is CC1=NC(C)(C)C(C)(C)N1c1cccc(-c2ccc3c(c2)C2(c4ccccc4-c4ccccc42)c2cc(-c4cccc(N5C(C)=NC(C)(C)C5(C)C)c4)ccc2-3)c1. The molecule has 6 aromatic rings. The summed E-state index contributed by atoms with van der Waals surface area (Å²) in [6, 6.07) is 50.7. The first-order valence-electron chi connectivity index (χ1n) is 20.5. The van der Waals surface area contributed by atoms with Crippen molar-refractivity contribution in [1.29, 1.82) is 0 Å². The number of amidine groups is 2. The predicted molar refractivity (Wildman–Crippen MR) is 241 cm³/mol. The van der Waals surface area contributed by atoms with Gasteiger partial charge >= 0.3 is 0 Å². The first-order chi connectivity index (χ1) is 27.1. The van der Waals surface area contributed by atoms with E-state index in [1.165, 1.54) is 78.1 Å². The van der Waals surface area contributed by atoms with E-state index in [1.807, 2.05) is 0 Å². The van der Waals surface area contributed by atoms with Gasteiger partial charge < -0.3 is 9.80 Å². The van der Waals surface area contributed by atoms with Crippen molar-refractivity contribution in [3.63, 3.8) is 0 Å². The Balaban J connectivity index is 1.15. The number of fused-ring (bicyclic) bond motifs is 10. The zero-order valence-electron chi connectivity index (χ0n) is 35.0. The van der Waals surface area contributed by atoms with Gasteiger partial charge in [-0.1, -0.05) is 97.1 Å². The Morgan fingerprint density at radius 3 is 1.12 bits per heavy atom. The standard InChI is InChI=1S/C53H52N4/c1-33-54-49(3,4)51(7,8)56(33)39-19-15-17-35(29-39)37-25-27-43-44-28-26-38(36-18-16-20-40(30-36)57-34(2)55-50(5,6)52(57,9)10)32-48(44)53(47(43)31-37)45-23-13-11-21-41(45)42-22-12-14-24-46(42)53/h11-32H,1-10H3. The van der Waals surface area contributed by atoms with Crippen LogP contribution in [0.1, 0.15) is 91.5 Å². The van der Waals surface area contributed by atoms with Gasteiger partial charge in [-0.3, -0.25) is 9.98 Å². The summed E-state index contributed by atoms with van der Waals surface area (Å²) < 4.78 is 0. The molecule has 0 atom stereocenters. The highest BCUT2D eigenvalue weighted by Crippen LogP contribution is 2.63. The second-order valence-corrected chi connectivity index (χ2v) is 18.7. The largest absolute Gasteiger partial charge is 0.322 e. The van der Waals surface area contributed by atoms with Crippen LogP contribution in [0.15, 0.2) is 143 Å². The number of anilines is 2. The fourth-order valence-electron chi connectivity index (χ4n) is 10.7. The monoisotopic (exact) mass is 744 g/mol. The third-order valence-electron chi connectivity index (χ3n) is 14.6. The van der Waals surface area contributed by atoms with Gasteiger partial charge in [-0.2, -0.15) is 0 Å². The van der Waals surface area contributed by atoms with Crippen molar-refractivity contribution in [2.45, 2.75) is 96.8 Å². The van der Waals surface area contributed by atoms with Gasteiger partial charge in [0.2, 0.25) is 0 Å². The Morgan fingerprint density at radius 1 is 0.368 bits per heavy atom.